The standard InChI is InChI=1S/C21H26FN3O2/c1-16(26)25(19-10-8-18(9-11-19)24(2)3)15-13-21(27)23-14-12-17-6-4-5-7-20(17)22/h4-11H,12-15H2,1-3H3,(H,23,27). The fourth-order valence-corrected chi connectivity index (χ4v) is 2.74. The molecule has 0 heterocycles. The minimum absolute atomic E-state index is 0.119. The fraction of sp³-hybridized carbons (Fsp3) is 0.333. The van der Waals surface area contributed by atoms with E-state index in [1.54, 1.807) is 23.1 Å². The van der Waals surface area contributed by atoms with E-state index < -0.39 is 0 Å². The summed E-state index contributed by atoms with van der Waals surface area (Å²) in [6, 6.07) is 14.1. The van der Waals surface area contributed by atoms with Gasteiger partial charge in [-0.05, 0) is 42.3 Å². The van der Waals surface area contributed by atoms with Crippen LogP contribution in [0, 0.1) is 5.82 Å². The number of amides is 2. The third-order valence-electron chi connectivity index (χ3n) is 4.29. The van der Waals surface area contributed by atoms with E-state index in [9.17, 15) is 14.0 Å². The molecule has 1 N–H and O–H groups in total. The van der Waals surface area contributed by atoms with Crippen LogP contribution in [0.25, 0.3) is 0 Å². The first-order valence-electron chi connectivity index (χ1n) is 8.94. The summed E-state index contributed by atoms with van der Waals surface area (Å²) >= 11 is 0. The molecule has 0 unspecified atom stereocenters. The summed E-state index contributed by atoms with van der Waals surface area (Å²) in [6.45, 7) is 2.13. The van der Waals surface area contributed by atoms with Crippen molar-refractivity contribution in [3.63, 3.8) is 0 Å². The van der Waals surface area contributed by atoms with E-state index in [0.29, 0.717) is 25.1 Å². The smallest absolute Gasteiger partial charge is 0.223 e. The first-order chi connectivity index (χ1) is 12.9. The van der Waals surface area contributed by atoms with Gasteiger partial charge < -0.3 is 15.1 Å². The molecule has 0 aliphatic heterocycles. The van der Waals surface area contributed by atoms with Crippen LogP contribution in [0.2, 0.25) is 0 Å². The van der Waals surface area contributed by atoms with Crippen molar-refractivity contribution >= 4 is 23.2 Å². The Bertz CT molecular complexity index is 775. The van der Waals surface area contributed by atoms with Gasteiger partial charge in [0.2, 0.25) is 11.8 Å². The van der Waals surface area contributed by atoms with Gasteiger partial charge in [-0.1, -0.05) is 18.2 Å². The summed E-state index contributed by atoms with van der Waals surface area (Å²) in [7, 11) is 3.90. The fourth-order valence-electron chi connectivity index (χ4n) is 2.74. The molecule has 144 valence electrons. The summed E-state index contributed by atoms with van der Waals surface area (Å²) in [5.41, 5.74) is 2.37. The molecule has 0 atom stereocenters. The molecule has 0 aromatic heterocycles. The van der Waals surface area contributed by atoms with Crippen molar-refractivity contribution < 1.29 is 14.0 Å². The summed E-state index contributed by atoms with van der Waals surface area (Å²) in [5, 5.41) is 2.78. The second kappa shape index (κ2) is 9.71. The Kier molecular flexibility index (Phi) is 7.34. The first kappa shape index (κ1) is 20.4. The highest BCUT2D eigenvalue weighted by atomic mass is 19.1. The topological polar surface area (TPSA) is 52.7 Å². The number of rotatable bonds is 8. The van der Waals surface area contributed by atoms with Crippen molar-refractivity contribution in [3.8, 4) is 0 Å². The molecular weight excluding hydrogens is 345 g/mol. The number of hydrogen-bond donors (Lipinski definition) is 1. The zero-order chi connectivity index (χ0) is 19.8. The summed E-state index contributed by atoms with van der Waals surface area (Å²) < 4.78 is 13.6. The average Bonchev–Trinajstić information content (AvgIpc) is 2.63. The molecule has 0 spiro atoms. The van der Waals surface area contributed by atoms with E-state index in [4.69, 9.17) is 0 Å². The first-order valence-corrected chi connectivity index (χ1v) is 8.94. The van der Waals surface area contributed by atoms with E-state index in [0.717, 1.165) is 11.4 Å². The van der Waals surface area contributed by atoms with E-state index in [2.05, 4.69) is 5.32 Å². The number of halogens is 1. The van der Waals surface area contributed by atoms with E-state index in [-0.39, 0.29) is 24.1 Å². The third-order valence-corrected chi connectivity index (χ3v) is 4.29. The van der Waals surface area contributed by atoms with Crippen molar-refractivity contribution in [2.24, 2.45) is 0 Å². The average molecular weight is 371 g/mol. The Morgan fingerprint density at radius 1 is 1.00 bits per heavy atom. The van der Waals surface area contributed by atoms with Crippen LogP contribution in [0.5, 0.6) is 0 Å². The van der Waals surface area contributed by atoms with E-state index in [1.807, 2.05) is 43.3 Å². The van der Waals surface area contributed by atoms with Gasteiger partial charge in [-0.2, -0.15) is 0 Å². The number of carbonyl (C=O) groups excluding carboxylic acids is 2. The zero-order valence-electron chi connectivity index (χ0n) is 16.0. The number of carbonyl (C=O) groups is 2. The van der Waals surface area contributed by atoms with Gasteiger partial charge in [0.1, 0.15) is 5.82 Å². The lowest BCUT2D eigenvalue weighted by Gasteiger charge is -2.22. The number of benzene rings is 2. The van der Waals surface area contributed by atoms with Crippen molar-refractivity contribution in [2.45, 2.75) is 19.8 Å². The molecule has 0 radical (unpaired) electrons. The number of anilines is 2. The monoisotopic (exact) mass is 371 g/mol. The quantitative estimate of drug-likeness (QED) is 0.776. The van der Waals surface area contributed by atoms with Crippen LogP contribution in [0.15, 0.2) is 48.5 Å². The Morgan fingerprint density at radius 3 is 2.22 bits per heavy atom. The van der Waals surface area contributed by atoms with Gasteiger partial charge in [-0.25, -0.2) is 4.39 Å². The molecule has 2 aromatic rings. The number of hydrogen-bond acceptors (Lipinski definition) is 3. The largest absolute Gasteiger partial charge is 0.378 e. The molecule has 0 aliphatic rings. The lowest BCUT2D eigenvalue weighted by Crippen LogP contribution is -2.34. The van der Waals surface area contributed by atoms with Gasteiger partial charge in [-0.3, -0.25) is 9.59 Å². The molecule has 2 rings (SSSR count). The van der Waals surface area contributed by atoms with E-state index >= 15 is 0 Å². The zero-order valence-corrected chi connectivity index (χ0v) is 16.0. The summed E-state index contributed by atoms with van der Waals surface area (Å²) in [6.07, 6.45) is 0.618. The molecule has 6 heteroatoms. The Hall–Kier alpha value is -2.89. The normalized spacial score (nSPS) is 10.4. The Labute approximate surface area is 159 Å². The van der Waals surface area contributed by atoms with Gasteiger partial charge in [-0.15, -0.1) is 0 Å². The van der Waals surface area contributed by atoms with Crippen LogP contribution in [-0.4, -0.2) is 39.0 Å². The Morgan fingerprint density at radius 2 is 1.63 bits per heavy atom. The molecule has 0 aliphatic carbocycles. The molecule has 0 saturated heterocycles. The Balaban J connectivity index is 1.85. The van der Waals surface area contributed by atoms with Gasteiger partial charge in [0.15, 0.2) is 0 Å². The second-order valence-electron chi connectivity index (χ2n) is 6.52. The van der Waals surface area contributed by atoms with Gasteiger partial charge in [0.05, 0.1) is 0 Å². The number of nitrogens with one attached hydrogen (secondary N) is 1. The van der Waals surface area contributed by atoms with Crippen molar-refractivity contribution in [1.82, 2.24) is 5.32 Å². The van der Waals surface area contributed by atoms with Crippen LogP contribution in [0.1, 0.15) is 18.9 Å². The summed E-state index contributed by atoms with van der Waals surface area (Å²) in [5.74, 6) is -0.551. The van der Waals surface area contributed by atoms with Crippen LogP contribution in [0.4, 0.5) is 15.8 Å². The van der Waals surface area contributed by atoms with E-state index in [1.165, 1.54) is 13.0 Å². The predicted octanol–water partition coefficient (Wildman–Crippen LogP) is 2.99. The van der Waals surface area contributed by atoms with Crippen molar-refractivity contribution in [3.05, 3.63) is 59.9 Å². The molecule has 0 bridgehead atoms. The van der Waals surface area contributed by atoms with Crippen LogP contribution < -0.4 is 15.1 Å². The van der Waals surface area contributed by atoms with Gasteiger partial charge in [0, 0.05) is 51.9 Å². The van der Waals surface area contributed by atoms with Crippen LogP contribution in [0.3, 0.4) is 0 Å². The summed E-state index contributed by atoms with van der Waals surface area (Å²) in [4.78, 5) is 27.6. The van der Waals surface area contributed by atoms with Crippen molar-refractivity contribution in [2.75, 3.05) is 37.0 Å². The minimum atomic E-state index is -0.268. The minimum Gasteiger partial charge on any atom is -0.378 e. The SMILES string of the molecule is CC(=O)N(CCC(=O)NCCc1ccccc1F)c1ccc(N(C)C)cc1. The maximum atomic E-state index is 13.6. The number of nitrogens with zero attached hydrogens (tertiary/aromatic N) is 2. The molecular formula is C21H26FN3O2. The van der Waals surface area contributed by atoms with Gasteiger partial charge >= 0.3 is 0 Å². The molecule has 2 amide bonds. The van der Waals surface area contributed by atoms with Crippen LogP contribution in [-0.2, 0) is 16.0 Å². The maximum absolute atomic E-state index is 13.6. The van der Waals surface area contributed by atoms with Crippen LogP contribution >= 0.6 is 0 Å². The molecule has 27 heavy (non-hydrogen) atoms. The maximum Gasteiger partial charge on any atom is 0.223 e. The molecule has 0 saturated carbocycles. The third kappa shape index (κ3) is 6.09. The highest BCUT2D eigenvalue weighted by Crippen LogP contribution is 2.20. The highest BCUT2D eigenvalue weighted by molar-refractivity contribution is 5.92. The molecule has 5 nitrogen and oxygen atoms in total. The van der Waals surface area contributed by atoms with Gasteiger partial charge in [0.25, 0.3) is 0 Å². The predicted molar refractivity (Wildman–Crippen MR) is 107 cm³/mol. The lowest BCUT2D eigenvalue weighted by molar-refractivity contribution is -0.121. The molecule has 0 fully saturated rings. The molecule has 2 aromatic carbocycles. The second-order valence-corrected chi connectivity index (χ2v) is 6.52. The highest BCUT2D eigenvalue weighted by Gasteiger charge is 2.13. The van der Waals surface area contributed by atoms with Crippen molar-refractivity contribution in [1.29, 1.82) is 0 Å². The lowest BCUT2D eigenvalue weighted by atomic mass is 10.1.